The van der Waals surface area contributed by atoms with Gasteiger partial charge in [-0.3, -0.25) is 0 Å². The Kier molecular flexibility index (Phi) is 4.10. The number of carbonyl (C=O) groups is 1. The Morgan fingerprint density at radius 1 is 1.15 bits per heavy atom. The number of carbonyl (C=O) groups excluding carboxylic acids is 1. The Morgan fingerprint density at radius 3 is 2.65 bits per heavy atom. The summed E-state index contributed by atoms with van der Waals surface area (Å²) < 4.78 is 9.85. The number of methoxy groups -OCH3 is 2. The van der Waals surface area contributed by atoms with Crippen molar-refractivity contribution in [2.75, 3.05) is 25.3 Å². The number of nitrogen functional groups attached to an aromatic ring is 1. The van der Waals surface area contributed by atoms with Crippen LogP contribution in [0.5, 0.6) is 5.75 Å². The number of hydrogen-bond donors (Lipinski definition) is 2. The summed E-state index contributed by atoms with van der Waals surface area (Å²) in [6.07, 6.45) is 0. The molecule has 0 unspecified atom stereocenters. The predicted octanol–water partition coefficient (Wildman–Crippen LogP) is 2.81. The van der Waals surface area contributed by atoms with Crippen molar-refractivity contribution < 1.29 is 14.3 Å². The molecule has 0 atom stereocenters. The summed E-state index contributed by atoms with van der Waals surface area (Å²) in [6.45, 7) is 0. The molecule has 5 heteroatoms. The van der Waals surface area contributed by atoms with Gasteiger partial charge in [0.05, 0.1) is 31.2 Å². The van der Waals surface area contributed by atoms with Crippen molar-refractivity contribution in [3.05, 3.63) is 48.0 Å². The van der Waals surface area contributed by atoms with Crippen LogP contribution in [0.4, 0.5) is 17.1 Å². The first-order valence-corrected chi connectivity index (χ1v) is 6.03. The third kappa shape index (κ3) is 3.00. The summed E-state index contributed by atoms with van der Waals surface area (Å²) in [6, 6.07) is 12.4. The number of anilines is 3. The van der Waals surface area contributed by atoms with Crippen LogP contribution >= 0.6 is 0 Å². The van der Waals surface area contributed by atoms with E-state index in [0.717, 1.165) is 11.4 Å². The third-order valence-corrected chi connectivity index (χ3v) is 2.82. The normalized spacial score (nSPS) is 9.90. The van der Waals surface area contributed by atoms with Crippen LogP contribution in [0, 0.1) is 0 Å². The Balaban J connectivity index is 2.30. The fourth-order valence-corrected chi connectivity index (χ4v) is 1.77. The fraction of sp³-hybridized carbons (Fsp3) is 0.133. The van der Waals surface area contributed by atoms with Gasteiger partial charge in [-0.15, -0.1) is 0 Å². The van der Waals surface area contributed by atoms with Gasteiger partial charge in [-0.05, 0) is 30.3 Å². The number of ether oxygens (including phenoxy) is 2. The van der Waals surface area contributed by atoms with E-state index in [1.807, 2.05) is 24.3 Å². The van der Waals surface area contributed by atoms with Crippen LogP contribution in [0.3, 0.4) is 0 Å². The van der Waals surface area contributed by atoms with Crippen LogP contribution in [0.15, 0.2) is 42.5 Å². The lowest BCUT2D eigenvalue weighted by Gasteiger charge is -2.11. The molecule has 0 aliphatic rings. The summed E-state index contributed by atoms with van der Waals surface area (Å²) in [5.74, 6) is 0.330. The van der Waals surface area contributed by atoms with Gasteiger partial charge in [0.15, 0.2) is 0 Å². The monoisotopic (exact) mass is 272 g/mol. The fourth-order valence-electron chi connectivity index (χ4n) is 1.77. The molecule has 0 fully saturated rings. The van der Waals surface area contributed by atoms with E-state index in [-0.39, 0.29) is 0 Å². The first kappa shape index (κ1) is 13.7. The van der Waals surface area contributed by atoms with Gasteiger partial charge in [-0.1, -0.05) is 6.07 Å². The van der Waals surface area contributed by atoms with Gasteiger partial charge in [-0.25, -0.2) is 4.79 Å². The van der Waals surface area contributed by atoms with Crippen molar-refractivity contribution in [1.29, 1.82) is 0 Å². The minimum absolute atomic E-state index is 0.404. The largest absolute Gasteiger partial charge is 0.497 e. The van der Waals surface area contributed by atoms with Crippen LogP contribution < -0.4 is 15.8 Å². The zero-order valence-electron chi connectivity index (χ0n) is 11.3. The maximum Gasteiger partial charge on any atom is 0.337 e. The van der Waals surface area contributed by atoms with E-state index in [1.165, 1.54) is 7.11 Å². The van der Waals surface area contributed by atoms with Gasteiger partial charge >= 0.3 is 5.97 Å². The lowest BCUT2D eigenvalue weighted by molar-refractivity contribution is 0.0601. The first-order valence-electron chi connectivity index (χ1n) is 6.03. The van der Waals surface area contributed by atoms with Crippen molar-refractivity contribution in [2.45, 2.75) is 0 Å². The molecule has 0 aromatic heterocycles. The second-order valence-corrected chi connectivity index (χ2v) is 4.15. The van der Waals surface area contributed by atoms with Crippen molar-refractivity contribution in [2.24, 2.45) is 0 Å². The van der Waals surface area contributed by atoms with E-state index in [1.54, 1.807) is 25.3 Å². The minimum atomic E-state index is -0.404. The molecule has 2 aromatic rings. The van der Waals surface area contributed by atoms with Gasteiger partial charge < -0.3 is 20.5 Å². The van der Waals surface area contributed by atoms with Gasteiger partial charge in [0.1, 0.15) is 5.75 Å². The highest BCUT2D eigenvalue weighted by Gasteiger charge is 2.08. The van der Waals surface area contributed by atoms with Gasteiger partial charge in [0, 0.05) is 11.8 Å². The molecule has 0 amide bonds. The number of nitrogens with one attached hydrogen (secondary N) is 1. The van der Waals surface area contributed by atoms with Crippen LogP contribution in [-0.4, -0.2) is 20.2 Å². The second kappa shape index (κ2) is 5.97. The maximum absolute atomic E-state index is 11.5. The zero-order chi connectivity index (χ0) is 14.5. The number of hydrogen-bond acceptors (Lipinski definition) is 5. The Morgan fingerprint density at radius 2 is 1.95 bits per heavy atom. The van der Waals surface area contributed by atoms with Crippen LogP contribution in [0.1, 0.15) is 10.4 Å². The molecule has 20 heavy (non-hydrogen) atoms. The summed E-state index contributed by atoms with van der Waals surface area (Å²) in [4.78, 5) is 11.5. The lowest BCUT2D eigenvalue weighted by atomic mass is 10.1. The molecule has 0 radical (unpaired) electrons. The highest BCUT2D eigenvalue weighted by atomic mass is 16.5. The van der Waals surface area contributed by atoms with Crippen LogP contribution in [0.25, 0.3) is 0 Å². The Hall–Kier alpha value is -2.69. The number of nitrogens with two attached hydrogens (primary N) is 1. The maximum atomic E-state index is 11.5. The molecular weight excluding hydrogens is 256 g/mol. The molecule has 0 spiro atoms. The molecule has 0 aliphatic carbocycles. The Bertz CT molecular complexity index is 626. The van der Waals surface area contributed by atoms with E-state index in [2.05, 4.69) is 5.32 Å². The standard InChI is InChI=1S/C15H16N2O3/c1-19-12-5-3-4-11(9-12)17-14-8-10(15(18)20-2)6-7-13(14)16/h3-9,17H,16H2,1-2H3. The average molecular weight is 272 g/mol. The van der Waals surface area contributed by atoms with Crippen molar-refractivity contribution in [3.63, 3.8) is 0 Å². The number of benzene rings is 2. The van der Waals surface area contributed by atoms with Gasteiger partial charge in [0.2, 0.25) is 0 Å². The molecule has 104 valence electrons. The highest BCUT2D eigenvalue weighted by Crippen LogP contribution is 2.26. The van der Waals surface area contributed by atoms with Crippen molar-refractivity contribution >= 4 is 23.0 Å². The molecule has 5 nitrogen and oxygen atoms in total. The third-order valence-electron chi connectivity index (χ3n) is 2.82. The summed E-state index contributed by atoms with van der Waals surface area (Å²) in [5.41, 5.74) is 8.34. The van der Waals surface area contributed by atoms with Gasteiger partial charge in [0.25, 0.3) is 0 Å². The van der Waals surface area contributed by atoms with Crippen LogP contribution in [0.2, 0.25) is 0 Å². The predicted molar refractivity (Wildman–Crippen MR) is 78.5 cm³/mol. The topological polar surface area (TPSA) is 73.6 Å². The molecule has 0 aliphatic heterocycles. The van der Waals surface area contributed by atoms with Crippen molar-refractivity contribution in [3.8, 4) is 5.75 Å². The first-order chi connectivity index (χ1) is 9.63. The van der Waals surface area contributed by atoms with E-state index in [4.69, 9.17) is 15.2 Å². The summed E-state index contributed by atoms with van der Waals surface area (Å²) >= 11 is 0. The summed E-state index contributed by atoms with van der Waals surface area (Å²) in [5, 5.41) is 3.15. The molecule has 0 saturated carbocycles. The van der Waals surface area contributed by atoms with Crippen molar-refractivity contribution in [1.82, 2.24) is 0 Å². The Labute approximate surface area is 117 Å². The molecule has 3 N–H and O–H groups in total. The lowest BCUT2D eigenvalue weighted by Crippen LogP contribution is -2.04. The molecular formula is C15H16N2O3. The quantitative estimate of drug-likeness (QED) is 0.661. The van der Waals surface area contributed by atoms with E-state index < -0.39 is 5.97 Å². The minimum Gasteiger partial charge on any atom is -0.497 e. The number of rotatable bonds is 4. The van der Waals surface area contributed by atoms with Gasteiger partial charge in [-0.2, -0.15) is 0 Å². The van der Waals surface area contributed by atoms with E-state index in [9.17, 15) is 4.79 Å². The molecule has 0 heterocycles. The zero-order valence-corrected chi connectivity index (χ0v) is 11.3. The smallest absolute Gasteiger partial charge is 0.337 e. The summed E-state index contributed by atoms with van der Waals surface area (Å²) in [7, 11) is 2.94. The highest BCUT2D eigenvalue weighted by molar-refractivity contribution is 5.92. The SMILES string of the molecule is COC(=O)c1ccc(N)c(Nc2cccc(OC)c2)c1. The van der Waals surface area contributed by atoms with E-state index in [0.29, 0.717) is 16.9 Å². The average Bonchev–Trinajstić information content (AvgIpc) is 2.49. The molecule has 2 aromatic carbocycles. The van der Waals surface area contributed by atoms with Crippen LogP contribution in [-0.2, 0) is 4.74 Å². The second-order valence-electron chi connectivity index (χ2n) is 4.15. The molecule has 0 bridgehead atoms. The molecule has 0 saturated heterocycles. The number of esters is 1. The van der Waals surface area contributed by atoms with E-state index >= 15 is 0 Å². The molecule has 2 rings (SSSR count).